The van der Waals surface area contributed by atoms with Crippen LogP contribution in [0.15, 0.2) is 12.2 Å². The van der Waals surface area contributed by atoms with Crippen LogP contribution in [0.4, 0.5) is 4.79 Å². The molecule has 0 aliphatic carbocycles. The van der Waals surface area contributed by atoms with Crippen molar-refractivity contribution in [3.05, 3.63) is 12.2 Å². The molecule has 174 valence electrons. The topological polar surface area (TPSA) is 161 Å². The molecule has 0 spiro atoms. The van der Waals surface area contributed by atoms with Gasteiger partial charge in [0.25, 0.3) is 17.5 Å². The van der Waals surface area contributed by atoms with Crippen molar-refractivity contribution >= 4 is 17.9 Å². The van der Waals surface area contributed by atoms with Crippen LogP contribution in [-0.2, 0) is 19.1 Å². The summed E-state index contributed by atoms with van der Waals surface area (Å²) in [6, 6.07) is 0. The second-order valence-electron chi connectivity index (χ2n) is 8.28. The van der Waals surface area contributed by atoms with Gasteiger partial charge in [0.15, 0.2) is 0 Å². The van der Waals surface area contributed by atoms with Crippen molar-refractivity contribution in [1.29, 1.82) is 0 Å². The minimum absolute atomic E-state index is 0.0485. The normalized spacial score (nSPS) is 32.4. The third kappa shape index (κ3) is 4.13. The Hall–Kier alpha value is -2.25. The Morgan fingerprint density at radius 2 is 1.94 bits per heavy atom. The molecular formula is C19H30N4O8. The van der Waals surface area contributed by atoms with Gasteiger partial charge in [0.1, 0.15) is 11.7 Å². The van der Waals surface area contributed by atoms with E-state index in [2.05, 4.69) is 17.2 Å². The van der Waals surface area contributed by atoms with Gasteiger partial charge in [-0.3, -0.25) is 14.5 Å². The Balaban J connectivity index is 1.71. The van der Waals surface area contributed by atoms with Gasteiger partial charge in [-0.2, -0.15) is 0 Å². The zero-order chi connectivity index (χ0) is 23.0. The van der Waals surface area contributed by atoms with Gasteiger partial charge in [-0.1, -0.05) is 6.58 Å². The molecule has 5 N–H and O–H groups in total. The van der Waals surface area contributed by atoms with Gasteiger partial charge in [-0.15, -0.1) is 0 Å². The molecule has 0 unspecified atom stereocenters. The summed E-state index contributed by atoms with van der Waals surface area (Å²) in [6.45, 7) is 8.33. The first-order valence-corrected chi connectivity index (χ1v) is 10.2. The Morgan fingerprint density at radius 1 is 1.29 bits per heavy atom. The third-order valence-corrected chi connectivity index (χ3v) is 5.92. The van der Waals surface area contributed by atoms with Gasteiger partial charge in [0, 0.05) is 32.7 Å². The number of hydrogen-bond acceptors (Lipinski definition) is 9. The maximum Gasteiger partial charge on any atom is 0.409 e. The number of amides is 3. The first-order chi connectivity index (χ1) is 14.5. The number of rotatable bonds is 5. The molecule has 4 aliphatic heterocycles. The maximum absolute atomic E-state index is 12.8. The van der Waals surface area contributed by atoms with Gasteiger partial charge in [0.2, 0.25) is 5.72 Å². The van der Waals surface area contributed by atoms with E-state index in [1.807, 2.05) is 4.90 Å². The zero-order valence-corrected chi connectivity index (χ0v) is 17.7. The van der Waals surface area contributed by atoms with E-state index in [4.69, 9.17) is 9.47 Å². The third-order valence-electron chi connectivity index (χ3n) is 5.92. The average Bonchev–Trinajstić information content (AvgIpc) is 2.70. The maximum atomic E-state index is 12.8. The molecule has 31 heavy (non-hydrogen) atoms. The van der Waals surface area contributed by atoms with Gasteiger partial charge >= 0.3 is 6.09 Å². The number of hydrogen-bond donors (Lipinski definition) is 5. The van der Waals surface area contributed by atoms with Crippen LogP contribution < -0.4 is 10.6 Å². The summed E-state index contributed by atoms with van der Waals surface area (Å²) in [5, 5.41) is 37.0. The number of piperazine rings is 2. The Bertz CT molecular complexity index is 766. The lowest BCUT2D eigenvalue weighted by atomic mass is 9.84. The number of nitrogens with one attached hydrogen (secondary N) is 2. The lowest BCUT2D eigenvalue weighted by Crippen LogP contribution is -2.82. The van der Waals surface area contributed by atoms with Crippen molar-refractivity contribution in [3.63, 3.8) is 0 Å². The van der Waals surface area contributed by atoms with Crippen LogP contribution in [0.25, 0.3) is 0 Å². The van der Waals surface area contributed by atoms with E-state index >= 15 is 0 Å². The van der Waals surface area contributed by atoms with Crippen molar-refractivity contribution in [3.8, 4) is 0 Å². The molecule has 3 amide bonds. The minimum Gasteiger partial charge on any atom is -0.450 e. The predicted molar refractivity (Wildman–Crippen MR) is 105 cm³/mol. The van der Waals surface area contributed by atoms with Crippen LogP contribution in [0.1, 0.15) is 20.3 Å². The smallest absolute Gasteiger partial charge is 0.409 e. The van der Waals surface area contributed by atoms with Crippen molar-refractivity contribution < 1.29 is 39.2 Å². The molecule has 0 saturated carbocycles. The van der Waals surface area contributed by atoms with E-state index in [1.54, 1.807) is 11.8 Å². The lowest BCUT2D eigenvalue weighted by molar-refractivity contribution is -0.228. The Kier molecular flexibility index (Phi) is 6.31. The first-order valence-electron chi connectivity index (χ1n) is 10.2. The SMILES string of the molecule is C=C1CCO[C@]2([C@@H](O)[C@@](C)(O)CN3CCN(C(=O)OCC)CC3)NC(=O)[C@@]1(O)NC2=O. The molecule has 0 aromatic rings. The van der Waals surface area contributed by atoms with Crippen molar-refractivity contribution in [2.75, 3.05) is 45.9 Å². The van der Waals surface area contributed by atoms with Crippen LogP contribution in [0.3, 0.4) is 0 Å². The summed E-state index contributed by atoms with van der Waals surface area (Å²) in [5.41, 5.74) is -6.42. The number of β-amino-alcohol motifs (C(OH)–C–C–N with tert-alkyl or cyclic N) is 1. The monoisotopic (exact) mass is 442 g/mol. The summed E-state index contributed by atoms with van der Waals surface area (Å²) in [6.07, 6.45) is -2.20. The predicted octanol–water partition coefficient (Wildman–Crippen LogP) is -2.52. The van der Waals surface area contributed by atoms with Crippen molar-refractivity contribution in [2.24, 2.45) is 0 Å². The standard InChI is InChI=1S/C19H30N4O8/c1-4-30-16(27)23-8-6-22(7-9-23)11-17(3,28)13(24)19-15(26)20-18(29,14(25)21-19)12(2)5-10-31-19/h13,24,28-29H,2,4-11H2,1,3H3,(H,20,26)(H,21,25)/t13-,17-,18+,19-/m0/s1. The Morgan fingerprint density at radius 3 is 2.55 bits per heavy atom. The van der Waals surface area contributed by atoms with Crippen LogP contribution in [-0.4, -0.2) is 112 Å². The second-order valence-corrected chi connectivity index (χ2v) is 8.28. The number of aliphatic hydroxyl groups excluding tert-OH is 1. The highest BCUT2D eigenvalue weighted by molar-refractivity contribution is 6.02. The van der Waals surface area contributed by atoms with E-state index in [-0.39, 0.29) is 31.8 Å². The van der Waals surface area contributed by atoms with Crippen LogP contribution in [0.5, 0.6) is 0 Å². The van der Waals surface area contributed by atoms with Gasteiger partial charge < -0.3 is 40.3 Å². The molecule has 0 aromatic carbocycles. The van der Waals surface area contributed by atoms with Crippen molar-refractivity contribution in [1.82, 2.24) is 20.4 Å². The second kappa shape index (κ2) is 8.36. The van der Waals surface area contributed by atoms with E-state index in [9.17, 15) is 29.7 Å². The minimum atomic E-state index is -2.31. The highest BCUT2D eigenvalue weighted by Gasteiger charge is 2.63. The van der Waals surface area contributed by atoms with Crippen molar-refractivity contribution in [2.45, 2.75) is 43.4 Å². The van der Waals surface area contributed by atoms with Crippen LogP contribution in [0, 0.1) is 0 Å². The molecular weight excluding hydrogens is 412 g/mol. The average molecular weight is 442 g/mol. The molecule has 4 heterocycles. The number of carbonyl (C=O) groups excluding carboxylic acids is 3. The summed E-state index contributed by atoms with van der Waals surface area (Å²) in [7, 11) is 0. The summed E-state index contributed by atoms with van der Waals surface area (Å²) in [4.78, 5) is 40.5. The molecule has 4 fully saturated rings. The highest BCUT2D eigenvalue weighted by atomic mass is 16.6. The van der Waals surface area contributed by atoms with E-state index < -0.39 is 41.1 Å². The zero-order valence-electron chi connectivity index (χ0n) is 17.7. The van der Waals surface area contributed by atoms with E-state index in [0.29, 0.717) is 26.2 Å². The highest BCUT2D eigenvalue weighted by Crippen LogP contribution is 2.33. The molecule has 4 saturated heterocycles. The number of nitrogens with zero attached hydrogens (tertiary/aromatic N) is 2. The number of ether oxygens (including phenoxy) is 2. The quantitative estimate of drug-likeness (QED) is 0.289. The largest absolute Gasteiger partial charge is 0.450 e. The lowest BCUT2D eigenvalue weighted by Gasteiger charge is -2.50. The van der Waals surface area contributed by atoms with E-state index in [0.717, 1.165) is 0 Å². The molecule has 2 bridgehead atoms. The summed E-state index contributed by atoms with van der Waals surface area (Å²) < 4.78 is 10.5. The molecule has 12 heteroatoms. The summed E-state index contributed by atoms with van der Waals surface area (Å²) >= 11 is 0. The van der Waals surface area contributed by atoms with Gasteiger partial charge in [0.05, 0.1) is 13.2 Å². The number of aliphatic hydroxyl groups is 3. The number of carbonyl (C=O) groups is 3. The first kappa shape index (κ1) is 23.4. The van der Waals surface area contributed by atoms with E-state index in [1.165, 1.54) is 6.92 Å². The molecule has 4 aliphatic rings. The summed E-state index contributed by atoms with van der Waals surface area (Å²) in [5.74, 6) is -2.00. The van der Waals surface area contributed by atoms with Gasteiger partial charge in [-0.05, 0) is 25.8 Å². The van der Waals surface area contributed by atoms with Crippen LogP contribution >= 0.6 is 0 Å². The molecule has 4 rings (SSSR count). The fraction of sp³-hybridized carbons (Fsp3) is 0.737. The molecule has 4 atom stereocenters. The molecule has 0 aromatic heterocycles. The van der Waals surface area contributed by atoms with Gasteiger partial charge in [-0.25, -0.2) is 4.79 Å². The molecule has 0 radical (unpaired) electrons. The van der Waals surface area contributed by atoms with Crippen LogP contribution in [0.2, 0.25) is 0 Å². The fourth-order valence-corrected chi connectivity index (χ4v) is 4.05. The molecule has 12 nitrogen and oxygen atoms in total. The number of fused-ring (bicyclic) bond motifs is 5. The fourth-order valence-electron chi connectivity index (χ4n) is 4.05. The Labute approximate surface area is 179 Å².